The Labute approximate surface area is 198 Å². The number of hydrogen-bond acceptors (Lipinski definition) is 1. The third-order valence-corrected chi connectivity index (χ3v) is 7.42. The van der Waals surface area contributed by atoms with E-state index in [1.165, 1.54) is 53.6 Å². The fraction of sp³-hybridized carbons (Fsp3) is 0. The zero-order chi connectivity index (χ0) is 22.0. The van der Waals surface area contributed by atoms with Crippen LogP contribution in [0.3, 0.4) is 0 Å². The zero-order valence-electron chi connectivity index (χ0n) is 18.1. The topological polar surface area (TPSA) is 0 Å². The average molecular weight is 439 g/mol. The van der Waals surface area contributed by atoms with E-state index in [1.807, 2.05) is 11.8 Å². The predicted octanol–water partition coefficient (Wildman–Crippen LogP) is 9.48. The molecule has 6 aromatic rings. The van der Waals surface area contributed by atoms with Crippen LogP contribution in [-0.2, 0) is 0 Å². The van der Waals surface area contributed by atoms with Gasteiger partial charge in [0.05, 0.1) is 0 Å². The molecule has 6 rings (SSSR count). The molecule has 1 heteroatoms. The normalized spacial score (nSPS) is 11.2. The summed E-state index contributed by atoms with van der Waals surface area (Å²) in [6, 6.07) is 47.9. The molecule has 0 nitrogen and oxygen atoms in total. The molecule has 0 aliphatic carbocycles. The first kappa shape index (κ1) is 19.8. The second-order valence-electron chi connectivity index (χ2n) is 8.16. The SMILES string of the molecule is c1ccc(-c2ccc3ccccc3c2Sc2c(-c3ccccc3)ccc3ccccc23)cc1. The molecule has 0 radical (unpaired) electrons. The second kappa shape index (κ2) is 8.61. The van der Waals surface area contributed by atoms with Crippen LogP contribution in [0.15, 0.2) is 143 Å². The molecule has 0 N–H and O–H groups in total. The van der Waals surface area contributed by atoms with E-state index in [9.17, 15) is 0 Å². The standard InChI is InChI=1S/C32H22S/c1-3-11-23(12-4-1)29-21-19-25-15-7-9-17-27(25)31(29)33-32-28-18-10-8-16-26(28)20-22-30(32)24-13-5-2-6-14-24/h1-22H. The van der Waals surface area contributed by atoms with E-state index < -0.39 is 0 Å². The van der Waals surface area contributed by atoms with Crippen molar-refractivity contribution in [1.29, 1.82) is 0 Å². The molecular formula is C32H22S. The van der Waals surface area contributed by atoms with Gasteiger partial charge in [0.25, 0.3) is 0 Å². The van der Waals surface area contributed by atoms with Crippen LogP contribution in [0.5, 0.6) is 0 Å². The van der Waals surface area contributed by atoms with Crippen LogP contribution in [0.2, 0.25) is 0 Å². The molecule has 6 aromatic carbocycles. The van der Waals surface area contributed by atoms with Crippen LogP contribution in [0, 0.1) is 0 Å². The van der Waals surface area contributed by atoms with Crippen molar-refractivity contribution < 1.29 is 0 Å². The summed E-state index contributed by atoms with van der Waals surface area (Å²) >= 11 is 1.89. The van der Waals surface area contributed by atoms with Gasteiger partial charge in [0.2, 0.25) is 0 Å². The highest BCUT2D eigenvalue weighted by Crippen LogP contribution is 2.46. The first-order valence-electron chi connectivity index (χ1n) is 11.2. The van der Waals surface area contributed by atoms with Gasteiger partial charge in [-0.3, -0.25) is 0 Å². The van der Waals surface area contributed by atoms with Crippen LogP contribution >= 0.6 is 11.8 Å². The van der Waals surface area contributed by atoms with Gasteiger partial charge in [0.15, 0.2) is 0 Å². The van der Waals surface area contributed by atoms with Crippen molar-refractivity contribution in [1.82, 2.24) is 0 Å². The minimum absolute atomic E-state index is 1.24. The Morgan fingerprint density at radius 1 is 0.333 bits per heavy atom. The summed E-state index contributed by atoms with van der Waals surface area (Å²) < 4.78 is 0. The fourth-order valence-electron chi connectivity index (χ4n) is 4.50. The lowest BCUT2D eigenvalue weighted by atomic mass is 10.0. The monoisotopic (exact) mass is 438 g/mol. The van der Waals surface area contributed by atoms with Crippen molar-refractivity contribution in [2.24, 2.45) is 0 Å². The van der Waals surface area contributed by atoms with E-state index in [0.29, 0.717) is 0 Å². The predicted molar refractivity (Wildman–Crippen MR) is 143 cm³/mol. The Balaban J connectivity index is 1.65. The van der Waals surface area contributed by atoms with Crippen molar-refractivity contribution in [2.45, 2.75) is 9.79 Å². The summed E-state index contributed by atoms with van der Waals surface area (Å²) in [4.78, 5) is 2.60. The molecular weight excluding hydrogens is 416 g/mol. The molecule has 0 saturated heterocycles. The summed E-state index contributed by atoms with van der Waals surface area (Å²) in [6.45, 7) is 0. The molecule has 156 valence electrons. The molecule has 33 heavy (non-hydrogen) atoms. The Morgan fingerprint density at radius 3 is 1.18 bits per heavy atom. The first-order chi connectivity index (χ1) is 16.4. The Hall–Kier alpha value is -3.81. The molecule has 0 aliphatic heterocycles. The summed E-state index contributed by atoms with van der Waals surface area (Å²) in [5.74, 6) is 0. The summed E-state index contributed by atoms with van der Waals surface area (Å²) in [7, 11) is 0. The van der Waals surface area contributed by atoms with Crippen molar-refractivity contribution >= 4 is 33.3 Å². The maximum absolute atomic E-state index is 2.27. The zero-order valence-corrected chi connectivity index (χ0v) is 18.9. The highest BCUT2D eigenvalue weighted by Gasteiger charge is 2.16. The van der Waals surface area contributed by atoms with Gasteiger partial charge in [-0.25, -0.2) is 0 Å². The second-order valence-corrected chi connectivity index (χ2v) is 9.18. The lowest BCUT2D eigenvalue weighted by molar-refractivity contribution is 1.46. The van der Waals surface area contributed by atoms with Gasteiger partial charge in [-0.05, 0) is 43.8 Å². The lowest BCUT2D eigenvalue weighted by Crippen LogP contribution is -1.89. The van der Waals surface area contributed by atoms with Gasteiger partial charge in [-0.2, -0.15) is 0 Å². The van der Waals surface area contributed by atoms with E-state index in [4.69, 9.17) is 0 Å². The fourth-order valence-corrected chi connectivity index (χ4v) is 5.89. The first-order valence-corrected chi connectivity index (χ1v) is 12.0. The van der Waals surface area contributed by atoms with Crippen molar-refractivity contribution in [3.63, 3.8) is 0 Å². The highest BCUT2D eigenvalue weighted by atomic mass is 32.2. The molecule has 0 aromatic heterocycles. The number of hydrogen-bond donors (Lipinski definition) is 0. The molecule has 0 fully saturated rings. The maximum atomic E-state index is 2.27. The van der Waals surface area contributed by atoms with E-state index in [1.54, 1.807) is 0 Å². The number of benzene rings is 6. The van der Waals surface area contributed by atoms with Gasteiger partial charge in [-0.15, -0.1) is 0 Å². The Kier molecular flexibility index (Phi) is 5.18. The minimum atomic E-state index is 1.24. The summed E-state index contributed by atoms with van der Waals surface area (Å²) in [5, 5.41) is 5.11. The van der Waals surface area contributed by atoms with Gasteiger partial charge in [0.1, 0.15) is 0 Å². The smallest absolute Gasteiger partial charge is 0.0279 e. The Morgan fingerprint density at radius 2 is 0.727 bits per heavy atom. The van der Waals surface area contributed by atoms with E-state index in [-0.39, 0.29) is 0 Å². The van der Waals surface area contributed by atoms with Crippen LogP contribution in [0.1, 0.15) is 0 Å². The molecule has 0 spiro atoms. The summed E-state index contributed by atoms with van der Waals surface area (Å²) in [5.41, 5.74) is 5.02. The Bertz CT molecular complexity index is 1450. The van der Waals surface area contributed by atoms with Gasteiger partial charge >= 0.3 is 0 Å². The molecule has 0 saturated carbocycles. The van der Waals surface area contributed by atoms with E-state index in [0.717, 1.165) is 0 Å². The average Bonchev–Trinajstić information content (AvgIpc) is 2.90. The third kappa shape index (κ3) is 3.71. The van der Waals surface area contributed by atoms with E-state index >= 15 is 0 Å². The number of rotatable bonds is 4. The molecule has 0 bridgehead atoms. The van der Waals surface area contributed by atoms with Gasteiger partial charge < -0.3 is 0 Å². The van der Waals surface area contributed by atoms with Crippen molar-refractivity contribution in [2.75, 3.05) is 0 Å². The molecule has 0 amide bonds. The minimum Gasteiger partial charge on any atom is -0.0875 e. The third-order valence-electron chi connectivity index (χ3n) is 6.13. The largest absolute Gasteiger partial charge is 0.0875 e. The maximum Gasteiger partial charge on any atom is 0.0279 e. The highest BCUT2D eigenvalue weighted by molar-refractivity contribution is 8.00. The van der Waals surface area contributed by atoms with Crippen molar-refractivity contribution in [3.8, 4) is 22.3 Å². The van der Waals surface area contributed by atoms with Crippen molar-refractivity contribution in [3.05, 3.63) is 133 Å². The summed E-state index contributed by atoms with van der Waals surface area (Å²) in [6.07, 6.45) is 0. The molecule has 0 aliphatic rings. The van der Waals surface area contributed by atoms with Crippen LogP contribution < -0.4 is 0 Å². The lowest BCUT2D eigenvalue weighted by Gasteiger charge is -2.17. The van der Waals surface area contributed by atoms with Gasteiger partial charge in [0, 0.05) is 9.79 Å². The molecule has 0 unspecified atom stereocenters. The van der Waals surface area contributed by atoms with Crippen LogP contribution in [-0.4, -0.2) is 0 Å². The van der Waals surface area contributed by atoms with E-state index in [2.05, 4.69) is 133 Å². The molecule has 0 atom stereocenters. The van der Waals surface area contributed by atoms with Gasteiger partial charge in [-0.1, -0.05) is 145 Å². The van der Waals surface area contributed by atoms with Crippen LogP contribution in [0.25, 0.3) is 43.8 Å². The quantitative estimate of drug-likeness (QED) is 0.264. The number of fused-ring (bicyclic) bond motifs is 2. The van der Waals surface area contributed by atoms with Crippen LogP contribution in [0.4, 0.5) is 0 Å². The molecule has 0 heterocycles.